The third-order valence-corrected chi connectivity index (χ3v) is 4.09. The van der Waals surface area contributed by atoms with Gasteiger partial charge in [0.25, 0.3) is 5.69 Å². The number of ether oxygens (including phenoxy) is 1. The van der Waals surface area contributed by atoms with Crippen molar-refractivity contribution in [1.82, 2.24) is 15.0 Å². The Balaban J connectivity index is 2.22. The van der Waals surface area contributed by atoms with Gasteiger partial charge in [-0.05, 0) is 19.1 Å². The van der Waals surface area contributed by atoms with Crippen molar-refractivity contribution in [3.8, 4) is 28.4 Å². The average molecular weight is 360 g/mol. The van der Waals surface area contributed by atoms with Gasteiger partial charge in [0.1, 0.15) is 16.5 Å². The van der Waals surface area contributed by atoms with E-state index in [9.17, 15) is 10.1 Å². The van der Waals surface area contributed by atoms with Gasteiger partial charge in [-0.15, -0.1) is 0 Å². The van der Waals surface area contributed by atoms with Gasteiger partial charge in [0.15, 0.2) is 5.75 Å². The fourth-order valence-corrected chi connectivity index (χ4v) is 2.81. The zero-order valence-electron chi connectivity index (χ0n) is 13.4. The van der Waals surface area contributed by atoms with Crippen molar-refractivity contribution < 1.29 is 9.66 Å². The number of methoxy groups -OCH3 is 1. The summed E-state index contributed by atoms with van der Waals surface area (Å²) in [6, 6.07) is 4.97. The van der Waals surface area contributed by atoms with Crippen LogP contribution in [0.2, 0.25) is 5.02 Å². The summed E-state index contributed by atoms with van der Waals surface area (Å²) in [6.07, 6.45) is 3.35. The third-order valence-electron chi connectivity index (χ3n) is 3.71. The van der Waals surface area contributed by atoms with Crippen LogP contribution in [0.5, 0.6) is 5.75 Å². The molecule has 2 aromatic heterocycles. The minimum Gasteiger partial charge on any atom is -0.494 e. The summed E-state index contributed by atoms with van der Waals surface area (Å²) in [6.45, 7) is 1.85. The van der Waals surface area contributed by atoms with Gasteiger partial charge in [-0.25, -0.2) is 4.98 Å². The molecular formula is C16H14ClN5O3. The number of aromatic amines is 1. The number of hydrogen-bond acceptors (Lipinski definition) is 6. The number of benzene rings is 1. The molecule has 0 amide bonds. The molecule has 0 saturated heterocycles. The molecule has 0 fully saturated rings. The van der Waals surface area contributed by atoms with E-state index < -0.39 is 4.92 Å². The van der Waals surface area contributed by atoms with Crippen molar-refractivity contribution in [2.24, 2.45) is 0 Å². The van der Waals surface area contributed by atoms with Crippen LogP contribution in [-0.4, -0.2) is 27.0 Å². The number of nitrogens with zero attached hydrogens (tertiary/aromatic N) is 3. The van der Waals surface area contributed by atoms with E-state index in [1.54, 1.807) is 18.5 Å². The highest BCUT2D eigenvalue weighted by Crippen LogP contribution is 2.44. The number of aryl methyl sites for hydroxylation is 1. The molecule has 8 nitrogen and oxygen atoms in total. The predicted molar refractivity (Wildman–Crippen MR) is 94.6 cm³/mol. The molecule has 1 aromatic carbocycles. The van der Waals surface area contributed by atoms with Crippen LogP contribution in [0.15, 0.2) is 30.6 Å². The summed E-state index contributed by atoms with van der Waals surface area (Å²) in [4.78, 5) is 22.4. The van der Waals surface area contributed by atoms with E-state index in [1.165, 1.54) is 13.2 Å². The quantitative estimate of drug-likeness (QED) is 0.417. The number of halogens is 1. The Morgan fingerprint density at radius 1 is 1.44 bits per heavy atom. The number of pyridine rings is 1. The number of nitrogen functional groups attached to an aromatic ring is 1. The molecule has 0 saturated carbocycles. The molecule has 3 N–H and O–H groups in total. The summed E-state index contributed by atoms with van der Waals surface area (Å²) in [7, 11) is 1.41. The molecule has 25 heavy (non-hydrogen) atoms. The van der Waals surface area contributed by atoms with Crippen LogP contribution in [0.4, 0.5) is 11.4 Å². The summed E-state index contributed by atoms with van der Waals surface area (Å²) < 4.78 is 5.29. The number of nitrogens with one attached hydrogen (secondary N) is 1. The lowest BCUT2D eigenvalue weighted by molar-refractivity contribution is -0.383. The van der Waals surface area contributed by atoms with Crippen LogP contribution < -0.4 is 10.5 Å². The van der Waals surface area contributed by atoms with Crippen LogP contribution in [-0.2, 0) is 0 Å². The molecule has 0 unspecified atom stereocenters. The number of hydrogen-bond donors (Lipinski definition) is 2. The molecule has 0 bridgehead atoms. The number of imidazole rings is 1. The van der Waals surface area contributed by atoms with E-state index >= 15 is 0 Å². The van der Waals surface area contributed by atoms with Gasteiger partial charge in [-0.3, -0.25) is 15.1 Å². The van der Waals surface area contributed by atoms with Crippen molar-refractivity contribution in [1.29, 1.82) is 0 Å². The number of nitro benzene ring substituents is 1. The Bertz CT molecular complexity index is 956. The van der Waals surface area contributed by atoms with Gasteiger partial charge in [-0.1, -0.05) is 11.6 Å². The molecule has 0 spiro atoms. The van der Waals surface area contributed by atoms with Gasteiger partial charge in [0, 0.05) is 29.7 Å². The fraction of sp³-hybridized carbons (Fsp3) is 0.125. The lowest BCUT2D eigenvalue weighted by Gasteiger charge is -2.10. The average Bonchev–Trinajstić information content (AvgIpc) is 2.99. The molecule has 2 heterocycles. The lowest BCUT2D eigenvalue weighted by atomic mass is 10.1. The Hall–Kier alpha value is -3.13. The Morgan fingerprint density at radius 2 is 2.20 bits per heavy atom. The molecule has 0 aliphatic rings. The lowest BCUT2D eigenvalue weighted by Crippen LogP contribution is -2.00. The molecule has 0 aliphatic carbocycles. The molecule has 0 aliphatic heterocycles. The van der Waals surface area contributed by atoms with Crippen LogP contribution >= 0.6 is 11.6 Å². The number of rotatable bonds is 4. The highest BCUT2D eigenvalue weighted by Gasteiger charge is 2.25. The second kappa shape index (κ2) is 6.40. The number of anilines is 1. The standard InChI is InChI=1S/C16H14ClN5O3/c1-8-14(9-4-3-5-19-7-9)21-16(20-8)10-6-11(22(23)24)13(18)12(17)15(10)25-2/h3-7H,18H2,1-2H3,(H,20,21). The predicted octanol–water partition coefficient (Wildman–Crippen LogP) is 3.60. The normalized spacial score (nSPS) is 10.7. The second-order valence-corrected chi connectivity index (χ2v) is 5.64. The second-order valence-electron chi connectivity index (χ2n) is 5.26. The van der Waals surface area contributed by atoms with Crippen molar-refractivity contribution in [2.75, 3.05) is 12.8 Å². The Morgan fingerprint density at radius 3 is 2.80 bits per heavy atom. The summed E-state index contributed by atoms with van der Waals surface area (Å²) in [5.74, 6) is 0.606. The van der Waals surface area contributed by atoms with Crippen LogP contribution in [0.1, 0.15) is 5.69 Å². The van der Waals surface area contributed by atoms with Gasteiger partial charge in [-0.2, -0.15) is 0 Å². The minimum atomic E-state index is -0.595. The highest BCUT2D eigenvalue weighted by molar-refractivity contribution is 6.35. The minimum absolute atomic E-state index is 0.0244. The van der Waals surface area contributed by atoms with E-state index in [-0.39, 0.29) is 22.1 Å². The molecule has 0 radical (unpaired) electrons. The smallest absolute Gasteiger partial charge is 0.294 e. The first kappa shape index (κ1) is 16.7. The zero-order chi connectivity index (χ0) is 18.1. The molecule has 0 atom stereocenters. The van der Waals surface area contributed by atoms with Crippen LogP contribution in [0, 0.1) is 17.0 Å². The maximum Gasteiger partial charge on any atom is 0.294 e. The summed E-state index contributed by atoms with van der Waals surface area (Å²) in [5.41, 5.74) is 7.91. The Labute approximate surface area is 147 Å². The van der Waals surface area contributed by atoms with Gasteiger partial charge >= 0.3 is 0 Å². The van der Waals surface area contributed by atoms with Gasteiger partial charge in [0.05, 0.1) is 23.3 Å². The topological polar surface area (TPSA) is 120 Å². The van der Waals surface area contributed by atoms with E-state index in [4.69, 9.17) is 22.1 Å². The van der Waals surface area contributed by atoms with Crippen LogP contribution in [0.3, 0.4) is 0 Å². The van der Waals surface area contributed by atoms with E-state index in [0.717, 1.165) is 11.3 Å². The van der Waals surface area contributed by atoms with Crippen molar-refractivity contribution >= 4 is 23.0 Å². The van der Waals surface area contributed by atoms with Crippen LogP contribution in [0.25, 0.3) is 22.6 Å². The number of nitro groups is 1. The number of aromatic nitrogens is 3. The first-order valence-corrected chi connectivity index (χ1v) is 7.59. The molecule has 128 valence electrons. The highest BCUT2D eigenvalue weighted by atomic mass is 35.5. The maximum atomic E-state index is 11.2. The van der Waals surface area contributed by atoms with Gasteiger partial charge in [0.2, 0.25) is 0 Å². The molecular weight excluding hydrogens is 346 g/mol. The third kappa shape index (κ3) is 2.87. The largest absolute Gasteiger partial charge is 0.494 e. The fourth-order valence-electron chi connectivity index (χ4n) is 2.53. The first-order valence-electron chi connectivity index (χ1n) is 7.21. The monoisotopic (exact) mass is 359 g/mol. The number of nitrogens with two attached hydrogens (primary N) is 1. The number of H-pyrrole nitrogens is 1. The Kier molecular flexibility index (Phi) is 4.28. The molecule has 9 heteroatoms. The van der Waals surface area contributed by atoms with Gasteiger partial charge < -0.3 is 15.5 Å². The van der Waals surface area contributed by atoms with Crippen molar-refractivity contribution in [2.45, 2.75) is 6.92 Å². The summed E-state index contributed by atoms with van der Waals surface area (Å²) >= 11 is 6.16. The molecule has 3 rings (SSSR count). The first-order chi connectivity index (χ1) is 11.9. The molecule has 3 aromatic rings. The van der Waals surface area contributed by atoms with Crippen molar-refractivity contribution in [3.63, 3.8) is 0 Å². The SMILES string of the molecule is COc1c(-c2nc(-c3cccnc3)c(C)[nH]2)cc([N+](=O)[O-])c(N)c1Cl. The van der Waals surface area contributed by atoms with E-state index in [0.29, 0.717) is 17.1 Å². The van der Waals surface area contributed by atoms with Crippen molar-refractivity contribution in [3.05, 3.63) is 51.4 Å². The van der Waals surface area contributed by atoms with E-state index in [1.807, 2.05) is 13.0 Å². The maximum absolute atomic E-state index is 11.2. The van der Waals surface area contributed by atoms with E-state index in [2.05, 4.69) is 15.0 Å². The summed E-state index contributed by atoms with van der Waals surface area (Å²) in [5, 5.41) is 11.2. The zero-order valence-corrected chi connectivity index (χ0v) is 14.2.